The average molecular weight is 614 g/mol. The van der Waals surface area contributed by atoms with Crippen LogP contribution in [0.3, 0.4) is 0 Å². The maximum atomic E-state index is 11.3. The summed E-state index contributed by atoms with van der Waals surface area (Å²) in [4.78, 5) is 27.7. The van der Waals surface area contributed by atoms with Gasteiger partial charge in [-0.1, -0.05) is 23.2 Å². The van der Waals surface area contributed by atoms with Gasteiger partial charge in [0.05, 0.1) is 18.5 Å². The van der Waals surface area contributed by atoms with Crippen LogP contribution in [0.1, 0.15) is 25.3 Å². The van der Waals surface area contributed by atoms with E-state index in [-0.39, 0.29) is 12.5 Å². The SMILES string of the molecule is CC(=O)NCC1CCN(Cc2cc(Oc3ccc(N4CCN(CCO)CC4)nc3)nc(-c3cc(Cl)cc(Cl)c3)c2)CC1. The molecule has 2 N–H and O–H groups in total. The summed E-state index contributed by atoms with van der Waals surface area (Å²) >= 11 is 12.6. The number of halogens is 2. The van der Waals surface area contributed by atoms with Crippen molar-refractivity contribution in [2.24, 2.45) is 5.92 Å². The van der Waals surface area contributed by atoms with Crippen LogP contribution in [0.15, 0.2) is 48.7 Å². The Hall–Kier alpha value is -2.95. The lowest BCUT2D eigenvalue weighted by Gasteiger charge is -2.35. The van der Waals surface area contributed by atoms with Gasteiger partial charge in [-0.2, -0.15) is 0 Å². The molecular weight excluding hydrogens is 575 g/mol. The minimum Gasteiger partial charge on any atom is -0.437 e. The van der Waals surface area contributed by atoms with Crippen molar-refractivity contribution in [1.29, 1.82) is 0 Å². The number of carbonyl (C=O) groups is 1. The Morgan fingerprint density at radius 1 is 1.00 bits per heavy atom. The van der Waals surface area contributed by atoms with Crippen LogP contribution < -0.4 is 15.0 Å². The topological polar surface area (TPSA) is 94.1 Å². The predicted octanol–water partition coefficient (Wildman–Crippen LogP) is 4.71. The number of pyridine rings is 2. The Balaban J connectivity index is 1.30. The normalized spacial score (nSPS) is 16.9. The lowest BCUT2D eigenvalue weighted by atomic mass is 9.96. The summed E-state index contributed by atoms with van der Waals surface area (Å²) in [7, 11) is 0. The van der Waals surface area contributed by atoms with E-state index in [1.165, 1.54) is 0 Å². The molecule has 0 unspecified atom stereocenters. The monoisotopic (exact) mass is 612 g/mol. The van der Waals surface area contributed by atoms with Crippen molar-refractivity contribution < 1.29 is 14.6 Å². The van der Waals surface area contributed by atoms with E-state index < -0.39 is 0 Å². The summed E-state index contributed by atoms with van der Waals surface area (Å²) in [6.07, 6.45) is 3.82. The first-order valence-electron chi connectivity index (χ1n) is 14.5. The number of rotatable bonds is 10. The van der Waals surface area contributed by atoms with Crippen LogP contribution in [0.25, 0.3) is 11.3 Å². The van der Waals surface area contributed by atoms with Crippen molar-refractivity contribution in [3.05, 3.63) is 64.3 Å². The van der Waals surface area contributed by atoms with Gasteiger partial charge in [-0.05, 0) is 73.8 Å². The second-order valence-electron chi connectivity index (χ2n) is 11.0. The van der Waals surface area contributed by atoms with Crippen molar-refractivity contribution in [2.45, 2.75) is 26.3 Å². The molecule has 5 rings (SSSR count). The van der Waals surface area contributed by atoms with Crippen molar-refractivity contribution in [3.8, 4) is 22.9 Å². The van der Waals surface area contributed by atoms with E-state index in [1.807, 2.05) is 30.3 Å². The predicted molar refractivity (Wildman–Crippen MR) is 166 cm³/mol. The number of likely N-dealkylation sites (tertiary alicyclic amines) is 1. The number of β-amino-alcohol motifs (C(OH)–C–C–N with tert-alkyl or cyclic N) is 1. The number of aliphatic hydroxyl groups is 1. The minimum atomic E-state index is 0.0253. The van der Waals surface area contributed by atoms with Crippen molar-refractivity contribution >= 4 is 34.9 Å². The molecule has 0 atom stereocenters. The van der Waals surface area contributed by atoms with E-state index in [4.69, 9.17) is 32.9 Å². The van der Waals surface area contributed by atoms with E-state index >= 15 is 0 Å². The zero-order valence-electron chi connectivity index (χ0n) is 23.9. The van der Waals surface area contributed by atoms with Gasteiger partial charge in [0.25, 0.3) is 0 Å². The molecule has 9 nitrogen and oxygen atoms in total. The largest absolute Gasteiger partial charge is 0.437 e. The molecule has 11 heteroatoms. The number of anilines is 1. The molecule has 224 valence electrons. The third-order valence-corrected chi connectivity index (χ3v) is 8.27. The fourth-order valence-corrected chi connectivity index (χ4v) is 6.06. The van der Waals surface area contributed by atoms with Crippen LogP contribution in [-0.4, -0.2) is 89.7 Å². The molecule has 2 aliphatic rings. The van der Waals surface area contributed by atoms with E-state index in [0.717, 1.165) is 87.8 Å². The third-order valence-electron chi connectivity index (χ3n) is 7.83. The molecule has 0 radical (unpaired) electrons. The maximum Gasteiger partial charge on any atom is 0.220 e. The van der Waals surface area contributed by atoms with E-state index in [2.05, 4.69) is 31.1 Å². The van der Waals surface area contributed by atoms with Gasteiger partial charge in [0.2, 0.25) is 11.8 Å². The highest BCUT2D eigenvalue weighted by Gasteiger charge is 2.21. The van der Waals surface area contributed by atoms with E-state index in [1.54, 1.807) is 19.2 Å². The van der Waals surface area contributed by atoms with Crippen LogP contribution >= 0.6 is 23.2 Å². The van der Waals surface area contributed by atoms with Crippen LogP contribution in [0, 0.1) is 5.92 Å². The molecule has 2 saturated heterocycles. The lowest BCUT2D eigenvalue weighted by Crippen LogP contribution is -2.47. The van der Waals surface area contributed by atoms with Crippen LogP contribution in [-0.2, 0) is 11.3 Å². The number of aliphatic hydroxyl groups excluding tert-OH is 1. The van der Waals surface area contributed by atoms with Crippen LogP contribution in [0.4, 0.5) is 5.82 Å². The Labute approximate surface area is 257 Å². The summed E-state index contributed by atoms with van der Waals surface area (Å²) in [5.41, 5.74) is 2.64. The number of amides is 1. The number of hydrogen-bond donors (Lipinski definition) is 2. The van der Waals surface area contributed by atoms with Gasteiger partial charge in [0.15, 0.2) is 0 Å². The van der Waals surface area contributed by atoms with Crippen LogP contribution in [0.2, 0.25) is 10.0 Å². The molecule has 4 heterocycles. The molecule has 0 bridgehead atoms. The van der Waals surface area contributed by atoms with Gasteiger partial charge in [-0.15, -0.1) is 0 Å². The fourth-order valence-electron chi connectivity index (χ4n) is 5.53. The molecule has 3 aromatic rings. The molecule has 0 aliphatic carbocycles. The first-order chi connectivity index (χ1) is 20.3. The summed E-state index contributed by atoms with van der Waals surface area (Å²) in [5.74, 6) is 2.52. The van der Waals surface area contributed by atoms with Gasteiger partial charge in [-0.3, -0.25) is 14.6 Å². The number of nitrogens with one attached hydrogen (secondary N) is 1. The average Bonchev–Trinajstić information content (AvgIpc) is 2.97. The standard InChI is InChI=1S/C31H38Cl2N6O3/c1-22(41)34-19-23-4-6-38(7-5-23)21-24-14-29(25-16-26(32)18-27(33)17-25)36-31(15-24)42-28-2-3-30(35-20-28)39-10-8-37(9-11-39)12-13-40/h2-3,14-18,20,23,40H,4-13,19,21H2,1H3,(H,34,41). The summed E-state index contributed by atoms with van der Waals surface area (Å²) in [5, 5.41) is 13.2. The Bertz CT molecular complexity index is 1320. The zero-order valence-corrected chi connectivity index (χ0v) is 25.4. The van der Waals surface area contributed by atoms with Gasteiger partial charge < -0.3 is 20.1 Å². The number of carbonyl (C=O) groups excluding carboxylic acids is 1. The highest BCUT2D eigenvalue weighted by Crippen LogP contribution is 2.31. The fraction of sp³-hybridized carbons (Fsp3) is 0.452. The molecular formula is C31H38Cl2N6O3. The lowest BCUT2D eigenvalue weighted by molar-refractivity contribution is -0.119. The number of aromatic nitrogens is 2. The number of nitrogens with zero attached hydrogens (tertiary/aromatic N) is 5. The smallest absolute Gasteiger partial charge is 0.220 e. The first-order valence-corrected chi connectivity index (χ1v) is 15.3. The number of ether oxygens (including phenoxy) is 1. The highest BCUT2D eigenvalue weighted by atomic mass is 35.5. The molecule has 2 aromatic heterocycles. The quantitative estimate of drug-likeness (QED) is 0.340. The number of benzene rings is 1. The van der Waals surface area contributed by atoms with E-state index in [0.29, 0.717) is 34.1 Å². The molecule has 2 aliphatic heterocycles. The number of hydrogen-bond acceptors (Lipinski definition) is 8. The zero-order chi connectivity index (χ0) is 29.5. The van der Waals surface area contributed by atoms with Crippen molar-refractivity contribution in [3.63, 3.8) is 0 Å². The van der Waals surface area contributed by atoms with E-state index in [9.17, 15) is 9.90 Å². The summed E-state index contributed by atoms with van der Waals surface area (Å²) in [6.45, 7) is 9.41. The Morgan fingerprint density at radius 3 is 2.38 bits per heavy atom. The molecule has 2 fully saturated rings. The third kappa shape index (κ3) is 8.55. The van der Waals surface area contributed by atoms with Crippen molar-refractivity contribution in [1.82, 2.24) is 25.1 Å². The second kappa shape index (κ2) is 14.5. The van der Waals surface area contributed by atoms with Crippen LogP contribution in [0.5, 0.6) is 11.6 Å². The number of piperidine rings is 1. The Morgan fingerprint density at radius 2 is 1.74 bits per heavy atom. The first kappa shape index (κ1) is 30.5. The molecule has 1 aromatic carbocycles. The molecule has 0 spiro atoms. The number of piperazine rings is 1. The minimum absolute atomic E-state index is 0.0253. The molecule has 0 saturated carbocycles. The Kier molecular flexibility index (Phi) is 10.5. The summed E-state index contributed by atoms with van der Waals surface area (Å²) < 4.78 is 6.24. The maximum absolute atomic E-state index is 11.3. The van der Waals surface area contributed by atoms with Gasteiger partial charge >= 0.3 is 0 Å². The summed E-state index contributed by atoms with van der Waals surface area (Å²) in [6, 6.07) is 13.4. The molecule has 42 heavy (non-hydrogen) atoms. The second-order valence-corrected chi connectivity index (χ2v) is 11.9. The molecule has 1 amide bonds. The van der Waals surface area contributed by atoms with Gasteiger partial charge in [0, 0.05) is 74.4 Å². The van der Waals surface area contributed by atoms with Gasteiger partial charge in [-0.25, -0.2) is 9.97 Å². The van der Waals surface area contributed by atoms with Gasteiger partial charge in [0.1, 0.15) is 11.6 Å². The highest BCUT2D eigenvalue weighted by molar-refractivity contribution is 6.35. The van der Waals surface area contributed by atoms with Crippen molar-refractivity contribution in [2.75, 3.05) is 63.9 Å².